The highest BCUT2D eigenvalue weighted by molar-refractivity contribution is 7.84. The van der Waals surface area contributed by atoms with E-state index in [-0.39, 0.29) is 23.6 Å². The minimum absolute atomic E-state index is 0.0372. The molecule has 7 rings (SSSR count). The smallest absolute Gasteiger partial charge is 0.185 e. The van der Waals surface area contributed by atoms with Crippen LogP contribution in [0.15, 0.2) is 20.7 Å². The Morgan fingerprint density at radius 2 is 2.10 bits per heavy atom. The van der Waals surface area contributed by atoms with E-state index in [2.05, 4.69) is 35.7 Å². The monoisotopic (exact) mass is 608 g/mol. The molecule has 0 saturated carbocycles. The van der Waals surface area contributed by atoms with Gasteiger partial charge in [-0.3, -0.25) is 14.1 Å². The minimum Gasteiger partial charge on any atom is -0.389 e. The van der Waals surface area contributed by atoms with E-state index in [1.165, 1.54) is 4.88 Å². The normalized spacial score (nSPS) is 25.5. The maximum absolute atomic E-state index is 13.0. The van der Waals surface area contributed by atoms with Gasteiger partial charge in [-0.1, -0.05) is 5.16 Å². The summed E-state index contributed by atoms with van der Waals surface area (Å²) in [5.74, 6) is 1.27. The van der Waals surface area contributed by atoms with Gasteiger partial charge < -0.3 is 15.0 Å². The van der Waals surface area contributed by atoms with Gasteiger partial charge in [0.1, 0.15) is 15.7 Å². The molecule has 1 spiro atoms. The highest BCUT2D eigenvalue weighted by Crippen LogP contribution is 2.57. The Kier molecular flexibility index (Phi) is 6.83. The fourth-order valence-corrected chi connectivity index (χ4v) is 9.62. The molecule has 3 aliphatic rings. The van der Waals surface area contributed by atoms with Crippen LogP contribution < -0.4 is 5.73 Å². The zero-order valence-electron chi connectivity index (χ0n) is 24.4. The summed E-state index contributed by atoms with van der Waals surface area (Å²) in [6.45, 7) is 6.92. The standard InChI is InChI=1S/C29H36N8O3S2/c1-15(23-18(39-4)10-13-36(23)3)37-27-17(14-32-37)28(42(5)38)34-26(33-27)21-16-8-6-11-29(24(16)40-35-21)12-7-9-19-20(29)22(31-2)25(30)41-19/h14-15,18,23H,2,6-13,30H2,1,3-5H3/t15-,18-,23+,29-,42?/m0/s1. The summed E-state index contributed by atoms with van der Waals surface area (Å²) < 4.78 is 27.0. The van der Waals surface area contributed by atoms with Crippen LogP contribution in [-0.4, -0.2) is 79.8 Å². The number of hydrogen-bond acceptors (Lipinski definition) is 11. The Morgan fingerprint density at radius 3 is 2.83 bits per heavy atom. The second kappa shape index (κ2) is 10.3. The van der Waals surface area contributed by atoms with Crippen molar-refractivity contribution in [2.45, 2.75) is 80.5 Å². The Balaban J connectivity index is 1.38. The number of likely N-dealkylation sites (tertiary alicyclic amines) is 1. The largest absolute Gasteiger partial charge is 0.389 e. The number of methoxy groups -OCH3 is 1. The fourth-order valence-electron chi connectivity index (χ4n) is 7.78. The maximum Gasteiger partial charge on any atom is 0.185 e. The van der Waals surface area contributed by atoms with E-state index in [0.29, 0.717) is 32.6 Å². The predicted octanol–water partition coefficient (Wildman–Crippen LogP) is 4.43. The lowest BCUT2D eigenvalue weighted by Gasteiger charge is -2.39. The van der Waals surface area contributed by atoms with E-state index in [0.717, 1.165) is 74.1 Å². The Labute approximate surface area is 251 Å². The number of nitrogen functional groups attached to an aromatic ring is 1. The lowest BCUT2D eigenvalue weighted by Crippen LogP contribution is -2.40. The van der Waals surface area contributed by atoms with Crippen LogP contribution in [0, 0.1) is 0 Å². The molecule has 2 aliphatic carbocycles. The van der Waals surface area contributed by atoms with Crippen molar-refractivity contribution in [3.63, 3.8) is 0 Å². The topological polar surface area (TPSA) is 138 Å². The summed E-state index contributed by atoms with van der Waals surface area (Å²) in [4.78, 5) is 17.8. The van der Waals surface area contributed by atoms with Gasteiger partial charge in [-0.2, -0.15) is 5.10 Å². The molecule has 42 heavy (non-hydrogen) atoms. The number of rotatable bonds is 6. The van der Waals surface area contributed by atoms with Gasteiger partial charge in [0.2, 0.25) is 0 Å². The number of aromatic nitrogens is 5. The third-order valence-corrected chi connectivity index (χ3v) is 11.5. The third-order valence-electron chi connectivity index (χ3n) is 9.62. The number of likely N-dealkylation sites (N-methyl/N-ethyl adjacent to an activating group) is 1. The molecule has 2 N–H and O–H groups in total. The van der Waals surface area contributed by atoms with Crippen LogP contribution in [0.25, 0.3) is 22.6 Å². The summed E-state index contributed by atoms with van der Waals surface area (Å²) in [6, 6.07) is 0.0860. The van der Waals surface area contributed by atoms with Crippen LogP contribution in [-0.2, 0) is 33.8 Å². The first-order valence-electron chi connectivity index (χ1n) is 14.5. The van der Waals surface area contributed by atoms with Crippen molar-refractivity contribution in [1.29, 1.82) is 0 Å². The van der Waals surface area contributed by atoms with Crippen molar-refractivity contribution < 1.29 is 13.5 Å². The Bertz CT molecular complexity index is 1720. The number of aryl methyl sites for hydroxylation is 1. The molecular formula is C29H36N8O3S2. The van der Waals surface area contributed by atoms with Crippen molar-refractivity contribution in [1.82, 2.24) is 29.8 Å². The van der Waals surface area contributed by atoms with Crippen molar-refractivity contribution in [3.05, 3.63) is 28.0 Å². The highest BCUT2D eigenvalue weighted by atomic mass is 32.2. The number of ether oxygens (including phenoxy) is 1. The van der Waals surface area contributed by atoms with Crippen molar-refractivity contribution >= 4 is 50.6 Å². The van der Waals surface area contributed by atoms with Gasteiger partial charge >= 0.3 is 0 Å². The summed E-state index contributed by atoms with van der Waals surface area (Å²) in [6.07, 6.45) is 10.1. The molecule has 0 aromatic carbocycles. The first-order chi connectivity index (χ1) is 20.3. The predicted molar refractivity (Wildman–Crippen MR) is 164 cm³/mol. The molecule has 11 nitrogen and oxygen atoms in total. The molecule has 1 unspecified atom stereocenters. The molecule has 1 aliphatic heterocycles. The van der Waals surface area contributed by atoms with E-state index < -0.39 is 10.8 Å². The Hall–Kier alpha value is -3.00. The Morgan fingerprint density at radius 1 is 1.31 bits per heavy atom. The van der Waals surface area contributed by atoms with Gasteiger partial charge in [0.25, 0.3) is 0 Å². The zero-order valence-corrected chi connectivity index (χ0v) is 26.1. The number of hydrogen-bond donors (Lipinski definition) is 1. The fraction of sp³-hybridized carbons (Fsp3) is 0.552. The first kappa shape index (κ1) is 27.8. The molecule has 4 aromatic heterocycles. The molecule has 5 atom stereocenters. The van der Waals surface area contributed by atoms with Crippen molar-refractivity contribution in [2.75, 3.05) is 32.7 Å². The summed E-state index contributed by atoms with van der Waals surface area (Å²) in [7, 11) is 2.51. The SMILES string of the molecule is C=Nc1c(N)sc2c1[C@@]1(CCC2)CCCc2c(-c3nc(S(C)=O)c4cnn([C@@H](C)[C@@H]5[C@@H](OC)CCN5C)c4n3)noc21. The number of nitrogens with two attached hydrogens (primary N) is 1. The second-order valence-corrected chi connectivity index (χ2v) is 14.2. The van der Waals surface area contributed by atoms with Crippen LogP contribution >= 0.6 is 11.3 Å². The lowest BCUT2D eigenvalue weighted by molar-refractivity contribution is 0.0503. The quantitative estimate of drug-likeness (QED) is 0.249. The average Bonchev–Trinajstić information content (AvgIpc) is 3.76. The van der Waals surface area contributed by atoms with Gasteiger partial charge in [0, 0.05) is 35.9 Å². The second-order valence-electron chi connectivity index (χ2n) is 11.8. The summed E-state index contributed by atoms with van der Waals surface area (Å²) in [5.41, 5.74) is 10.2. The molecule has 0 bridgehead atoms. The van der Waals surface area contributed by atoms with Crippen LogP contribution in [0.2, 0.25) is 0 Å². The molecule has 1 fully saturated rings. The van der Waals surface area contributed by atoms with Gasteiger partial charge in [-0.05, 0) is 65.6 Å². The van der Waals surface area contributed by atoms with Crippen LogP contribution in [0.4, 0.5) is 10.7 Å². The zero-order chi connectivity index (χ0) is 29.3. The number of thiophene rings is 1. The number of nitrogens with zero attached hydrogens (tertiary/aromatic N) is 7. The van der Waals surface area contributed by atoms with E-state index in [1.54, 1.807) is 30.9 Å². The van der Waals surface area contributed by atoms with Crippen LogP contribution in [0.1, 0.15) is 66.8 Å². The van der Waals surface area contributed by atoms with Crippen molar-refractivity contribution in [2.24, 2.45) is 4.99 Å². The number of aliphatic imine (C=N–C) groups is 1. The summed E-state index contributed by atoms with van der Waals surface area (Å²) >= 11 is 1.61. The van der Waals surface area contributed by atoms with E-state index in [9.17, 15) is 4.21 Å². The first-order valence-corrected chi connectivity index (χ1v) is 16.9. The molecule has 5 heterocycles. The molecule has 222 valence electrons. The van der Waals surface area contributed by atoms with E-state index in [4.69, 9.17) is 30.1 Å². The maximum atomic E-state index is 13.0. The third kappa shape index (κ3) is 3.96. The molecule has 0 radical (unpaired) electrons. The van der Waals surface area contributed by atoms with Gasteiger partial charge in [-0.15, -0.1) is 11.3 Å². The number of anilines is 1. The molecule has 13 heteroatoms. The van der Waals surface area contributed by atoms with Crippen molar-refractivity contribution in [3.8, 4) is 11.5 Å². The molecular weight excluding hydrogens is 573 g/mol. The molecule has 4 aromatic rings. The number of fused-ring (bicyclic) bond motifs is 5. The average molecular weight is 609 g/mol. The van der Waals surface area contributed by atoms with E-state index >= 15 is 0 Å². The van der Waals surface area contributed by atoms with Gasteiger partial charge in [0.05, 0.1) is 46.0 Å². The lowest BCUT2D eigenvalue weighted by atomic mass is 9.63. The van der Waals surface area contributed by atoms with Gasteiger partial charge in [-0.25, -0.2) is 14.6 Å². The minimum atomic E-state index is -1.37. The highest BCUT2D eigenvalue weighted by Gasteiger charge is 2.49. The van der Waals surface area contributed by atoms with E-state index in [1.807, 2.05) is 4.68 Å². The van der Waals surface area contributed by atoms with Crippen LogP contribution in [0.3, 0.4) is 0 Å². The molecule has 1 saturated heterocycles. The van der Waals surface area contributed by atoms with Gasteiger partial charge in [0.15, 0.2) is 22.9 Å². The summed E-state index contributed by atoms with van der Waals surface area (Å²) in [5, 5.41) is 11.2. The molecule has 0 amide bonds. The van der Waals surface area contributed by atoms with Crippen LogP contribution in [0.5, 0.6) is 0 Å².